The van der Waals surface area contributed by atoms with Gasteiger partial charge < -0.3 is 10.4 Å². The van der Waals surface area contributed by atoms with E-state index in [2.05, 4.69) is 5.32 Å². The van der Waals surface area contributed by atoms with Crippen molar-refractivity contribution < 1.29 is 14.7 Å². The smallest absolute Gasteiger partial charge is 0.305 e. The van der Waals surface area contributed by atoms with Gasteiger partial charge in [0.25, 0.3) is 0 Å². The predicted molar refractivity (Wildman–Crippen MR) is 91.4 cm³/mol. The lowest BCUT2D eigenvalue weighted by Crippen LogP contribution is -2.32. The molecule has 0 radical (unpaired) electrons. The van der Waals surface area contributed by atoms with E-state index in [1.54, 1.807) is 0 Å². The van der Waals surface area contributed by atoms with Crippen LogP contribution in [-0.4, -0.2) is 17.0 Å². The molecule has 4 rings (SSSR count). The number of aliphatic carboxylic acids is 1. The number of fused-ring (bicyclic) bond motifs is 1. The number of carboxylic acid groups (broad SMARTS) is 1. The topological polar surface area (TPSA) is 66.4 Å². The zero-order valence-corrected chi connectivity index (χ0v) is 13.4. The van der Waals surface area contributed by atoms with Crippen LogP contribution in [0.4, 0.5) is 0 Å². The van der Waals surface area contributed by atoms with Crippen molar-refractivity contribution >= 4 is 22.6 Å². The van der Waals surface area contributed by atoms with Gasteiger partial charge in [-0.15, -0.1) is 0 Å². The monoisotopic (exact) mass is 323 g/mol. The first-order valence-corrected chi connectivity index (χ1v) is 8.63. The van der Waals surface area contributed by atoms with E-state index >= 15 is 0 Å². The summed E-state index contributed by atoms with van der Waals surface area (Å²) in [6.07, 6.45) is 3.36. The second-order valence-corrected chi connectivity index (χ2v) is 7.07. The van der Waals surface area contributed by atoms with Gasteiger partial charge >= 0.3 is 5.97 Å². The van der Waals surface area contributed by atoms with E-state index < -0.39 is 12.0 Å². The van der Waals surface area contributed by atoms with Crippen LogP contribution in [0.5, 0.6) is 0 Å². The number of rotatable bonds is 6. The van der Waals surface area contributed by atoms with Crippen molar-refractivity contribution in [1.29, 1.82) is 0 Å². The molecule has 2 aliphatic carbocycles. The van der Waals surface area contributed by atoms with E-state index in [4.69, 9.17) is 0 Å². The highest BCUT2D eigenvalue weighted by atomic mass is 16.4. The maximum Gasteiger partial charge on any atom is 0.305 e. The van der Waals surface area contributed by atoms with E-state index in [1.807, 2.05) is 42.5 Å². The van der Waals surface area contributed by atoms with Crippen molar-refractivity contribution in [2.24, 2.45) is 17.8 Å². The van der Waals surface area contributed by atoms with Gasteiger partial charge in [-0.25, -0.2) is 0 Å². The Kier molecular flexibility index (Phi) is 3.75. The summed E-state index contributed by atoms with van der Waals surface area (Å²) in [6, 6.07) is 13.2. The average molecular weight is 323 g/mol. The number of carbonyl (C=O) groups excluding carboxylic acids is 1. The minimum atomic E-state index is -0.900. The first-order valence-electron chi connectivity index (χ1n) is 8.63. The van der Waals surface area contributed by atoms with Crippen molar-refractivity contribution in [3.63, 3.8) is 0 Å². The highest BCUT2D eigenvalue weighted by molar-refractivity contribution is 5.88. The number of carboxylic acids is 1. The molecule has 2 aromatic carbocycles. The number of benzene rings is 2. The summed E-state index contributed by atoms with van der Waals surface area (Å²) in [4.78, 5) is 23.9. The lowest BCUT2D eigenvalue weighted by molar-refractivity contribution is -0.137. The van der Waals surface area contributed by atoms with Crippen LogP contribution in [0.15, 0.2) is 42.5 Å². The van der Waals surface area contributed by atoms with Crippen LogP contribution in [0.3, 0.4) is 0 Å². The lowest BCUT2D eigenvalue weighted by Gasteiger charge is -2.19. The molecule has 0 aliphatic heterocycles. The zero-order valence-electron chi connectivity index (χ0n) is 13.4. The summed E-state index contributed by atoms with van der Waals surface area (Å²) < 4.78 is 0. The number of hydrogen-bond acceptors (Lipinski definition) is 2. The van der Waals surface area contributed by atoms with Gasteiger partial charge in [-0.2, -0.15) is 0 Å². The standard InChI is InChI=1S/C20H21NO3/c22-19(23)11-18(21-20(24)17-10-16(17)13-8-9-13)15-7-3-5-12-4-1-2-6-14(12)15/h1-7,13,16-18H,8-11H2,(H,21,24)(H,22,23)/t16?,17?,18-/m1/s1. The first-order chi connectivity index (χ1) is 11.6. The number of nitrogens with one attached hydrogen (secondary N) is 1. The fraction of sp³-hybridized carbons (Fsp3) is 0.400. The maximum atomic E-state index is 12.5. The fourth-order valence-electron chi connectivity index (χ4n) is 3.81. The molecule has 2 aromatic rings. The van der Waals surface area contributed by atoms with Gasteiger partial charge in [0, 0.05) is 5.92 Å². The van der Waals surface area contributed by atoms with Crippen LogP contribution >= 0.6 is 0 Å². The summed E-state index contributed by atoms with van der Waals surface area (Å²) in [5.74, 6) is 0.469. The van der Waals surface area contributed by atoms with Crippen molar-refractivity contribution in [2.45, 2.75) is 31.7 Å². The summed E-state index contributed by atoms with van der Waals surface area (Å²) in [5.41, 5.74) is 0.882. The first kappa shape index (κ1) is 15.2. The molecule has 2 unspecified atom stereocenters. The number of carbonyl (C=O) groups is 2. The molecule has 0 aromatic heterocycles. The molecule has 3 atom stereocenters. The van der Waals surface area contributed by atoms with Crippen LogP contribution in [0.1, 0.15) is 37.3 Å². The molecule has 0 saturated heterocycles. The molecular formula is C20H21NO3. The Balaban J connectivity index is 1.58. The third-order valence-electron chi connectivity index (χ3n) is 5.30. The van der Waals surface area contributed by atoms with E-state index in [9.17, 15) is 14.7 Å². The molecule has 2 aliphatic rings. The maximum absolute atomic E-state index is 12.5. The number of amides is 1. The lowest BCUT2D eigenvalue weighted by atomic mass is 9.96. The molecule has 24 heavy (non-hydrogen) atoms. The number of hydrogen-bond donors (Lipinski definition) is 2. The molecule has 124 valence electrons. The van der Waals surface area contributed by atoms with Crippen LogP contribution < -0.4 is 5.32 Å². The second kappa shape index (κ2) is 5.93. The van der Waals surface area contributed by atoms with Gasteiger partial charge in [0.05, 0.1) is 12.5 Å². The highest BCUT2D eigenvalue weighted by Gasteiger charge is 2.51. The quantitative estimate of drug-likeness (QED) is 0.855. The average Bonchev–Trinajstić information content (AvgIpc) is 3.45. The summed E-state index contributed by atoms with van der Waals surface area (Å²) in [6.45, 7) is 0. The Labute approximate surface area is 140 Å². The van der Waals surface area contributed by atoms with Gasteiger partial charge in [-0.05, 0) is 47.4 Å². The Hall–Kier alpha value is -2.36. The van der Waals surface area contributed by atoms with Crippen molar-refractivity contribution in [3.05, 3.63) is 48.0 Å². The highest BCUT2D eigenvalue weighted by Crippen LogP contribution is 2.54. The molecule has 4 heteroatoms. The largest absolute Gasteiger partial charge is 0.481 e. The minimum absolute atomic E-state index is 0.0195. The zero-order chi connectivity index (χ0) is 16.7. The van der Waals surface area contributed by atoms with Crippen LogP contribution in [0.2, 0.25) is 0 Å². The van der Waals surface area contributed by atoms with Gasteiger partial charge in [-0.1, -0.05) is 42.5 Å². The summed E-state index contributed by atoms with van der Waals surface area (Å²) >= 11 is 0. The minimum Gasteiger partial charge on any atom is -0.481 e. The molecule has 2 fully saturated rings. The van der Waals surface area contributed by atoms with Crippen molar-refractivity contribution in [1.82, 2.24) is 5.32 Å². The molecule has 1 amide bonds. The Bertz CT molecular complexity index is 791. The van der Waals surface area contributed by atoms with Gasteiger partial charge in [-0.3, -0.25) is 9.59 Å². The molecule has 0 bridgehead atoms. The summed E-state index contributed by atoms with van der Waals surface area (Å²) in [7, 11) is 0. The van der Waals surface area contributed by atoms with Gasteiger partial charge in [0.1, 0.15) is 0 Å². The van der Waals surface area contributed by atoms with Crippen LogP contribution in [0.25, 0.3) is 10.8 Å². The molecule has 0 spiro atoms. The van der Waals surface area contributed by atoms with E-state index in [0.29, 0.717) is 5.92 Å². The molecule has 4 nitrogen and oxygen atoms in total. The van der Waals surface area contributed by atoms with Crippen LogP contribution in [0, 0.1) is 17.8 Å². The van der Waals surface area contributed by atoms with Crippen molar-refractivity contribution in [2.75, 3.05) is 0 Å². The molecule has 0 heterocycles. The Morgan fingerprint density at radius 3 is 2.62 bits per heavy atom. The SMILES string of the molecule is O=C(O)C[C@@H](NC(=O)C1CC1C1CC1)c1cccc2ccccc12. The van der Waals surface area contributed by atoms with Gasteiger partial charge in [0.15, 0.2) is 0 Å². The molecule has 2 N–H and O–H groups in total. The predicted octanol–water partition coefficient (Wildman–Crippen LogP) is 3.52. The van der Waals surface area contributed by atoms with Gasteiger partial charge in [0.2, 0.25) is 5.91 Å². The second-order valence-electron chi connectivity index (χ2n) is 7.07. The molecule has 2 saturated carbocycles. The van der Waals surface area contributed by atoms with E-state index in [-0.39, 0.29) is 18.2 Å². The van der Waals surface area contributed by atoms with E-state index in [0.717, 1.165) is 28.7 Å². The third kappa shape index (κ3) is 3.01. The summed E-state index contributed by atoms with van der Waals surface area (Å²) in [5, 5.41) is 14.4. The molecular weight excluding hydrogens is 302 g/mol. The van der Waals surface area contributed by atoms with Crippen LogP contribution in [-0.2, 0) is 9.59 Å². The third-order valence-corrected chi connectivity index (χ3v) is 5.30. The van der Waals surface area contributed by atoms with E-state index in [1.165, 1.54) is 12.8 Å². The normalized spacial score (nSPS) is 23.7. The Morgan fingerprint density at radius 2 is 1.88 bits per heavy atom. The Morgan fingerprint density at radius 1 is 1.12 bits per heavy atom. The fourth-order valence-corrected chi connectivity index (χ4v) is 3.81. The van der Waals surface area contributed by atoms with Crippen molar-refractivity contribution in [3.8, 4) is 0 Å².